The molecule has 2 N–H and O–H groups in total. The summed E-state index contributed by atoms with van der Waals surface area (Å²) >= 11 is 0. The zero-order valence-electron chi connectivity index (χ0n) is 12.7. The Labute approximate surface area is 130 Å². The molecule has 0 bridgehead atoms. The highest BCUT2D eigenvalue weighted by Crippen LogP contribution is 2.42. The number of benzene rings is 3. The first kappa shape index (κ1) is 14.2. The van der Waals surface area contributed by atoms with Crippen molar-refractivity contribution in [1.29, 1.82) is 0 Å². The zero-order valence-corrected chi connectivity index (χ0v) is 12.7. The molecule has 0 amide bonds. The summed E-state index contributed by atoms with van der Waals surface area (Å²) in [6, 6.07) is 18.9. The van der Waals surface area contributed by atoms with Gasteiger partial charge in [-0.1, -0.05) is 48.5 Å². The highest BCUT2D eigenvalue weighted by molar-refractivity contribution is 5.85. The van der Waals surface area contributed by atoms with Crippen LogP contribution in [0.5, 0.6) is 11.5 Å². The fraction of sp³-hybridized carbons (Fsp3) is 0.100. The van der Waals surface area contributed by atoms with E-state index in [0.29, 0.717) is 11.1 Å². The van der Waals surface area contributed by atoms with Gasteiger partial charge in [-0.15, -0.1) is 0 Å². The Kier molecular flexibility index (Phi) is 3.60. The maximum absolute atomic E-state index is 10.8. The Hall–Kier alpha value is -2.74. The molecule has 110 valence electrons. The number of hydrogen-bond acceptors (Lipinski definition) is 2. The third kappa shape index (κ3) is 2.44. The molecule has 0 radical (unpaired) electrons. The van der Waals surface area contributed by atoms with E-state index in [1.807, 2.05) is 62.4 Å². The second kappa shape index (κ2) is 5.57. The van der Waals surface area contributed by atoms with Gasteiger partial charge >= 0.3 is 0 Å². The van der Waals surface area contributed by atoms with E-state index in [9.17, 15) is 10.2 Å². The molecule has 0 spiro atoms. The van der Waals surface area contributed by atoms with Crippen molar-refractivity contribution >= 4 is 0 Å². The molecule has 0 aliphatic carbocycles. The van der Waals surface area contributed by atoms with Gasteiger partial charge < -0.3 is 10.2 Å². The third-order valence-corrected chi connectivity index (χ3v) is 3.97. The summed E-state index contributed by atoms with van der Waals surface area (Å²) in [5, 5.41) is 20.9. The maximum atomic E-state index is 10.8. The quantitative estimate of drug-likeness (QED) is 0.648. The van der Waals surface area contributed by atoms with Crippen LogP contribution < -0.4 is 0 Å². The minimum Gasteiger partial charge on any atom is -0.508 e. The van der Waals surface area contributed by atoms with E-state index in [1.54, 1.807) is 12.1 Å². The summed E-state index contributed by atoms with van der Waals surface area (Å²) in [5.74, 6) is 0.343. The van der Waals surface area contributed by atoms with Gasteiger partial charge in [0.05, 0.1) is 0 Å². The van der Waals surface area contributed by atoms with Crippen molar-refractivity contribution in [2.45, 2.75) is 13.8 Å². The molecule has 0 atom stereocenters. The molecule has 0 unspecified atom stereocenters. The van der Waals surface area contributed by atoms with Crippen LogP contribution in [0.2, 0.25) is 0 Å². The van der Waals surface area contributed by atoms with Gasteiger partial charge in [0.25, 0.3) is 0 Å². The van der Waals surface area contributed by atoms with Crippen molar-refractivity contribution in [3.8, 4) is 33.8 Å². The van der Waals surface area contributed by atoms with E-state index in [1.165, 1.54) is 0 Å². The molecule has 0 aliphatic rings. The molecule has 0 saturated heterocycles. The van der Waals surface area contributed by atoms with E-state index in [0.717, 1.165) is 22.3 Å². The molecule has 22 heavy (non-hydrogen) atoms. The SMILES string of the molecule is Cc1ccccc1-c1cc(O)cc(-c2ccccc2C)c1O. The predicted octanol–water partition coefficient (Wildman–Crippen LogP) is 5.05. The molecular formula is C20H18O2. The molecule has 2 heteroatoms. The molecule has 0 heterocycles. The molecule has 0 fully saturated rings. The first-order valence-corrected chi connectivity index (χ1v) is 7.26. The summed E-state index contributed by atoms with van der Waals surface area (Å²) in [4.78, 5) is 0. The fourth-order valence-corrected chi connectivity index (χ4v) is 2.78. The molecule has 3 rings (SSSR count). The number of phenolic OH excluding ortho intramolecular Hbond substituents is 2. The summed E-state index contributed by atoms with van der Waals surface area (Å²) in [6.45, 7) is 3.98. The van der Waals surface area contributed by atoms with Gasteiger partial charge in [0, 0.05) is 11.1 Å². The minimum atomic E-state index is 0.148. The first-order chi connectivity index (χ1) is 10.6. The van der Waals surface area contributed by atoms with Crippen molar-refractivity contribution in [3.05, 3.63) is 71.8 Å². The standard InChI is InChI=1S/C20H18O2/c1-13-7-3-5-9-16(13)18-11-15(21)12-19(20(18)22)17-10-6-4-8-14(17)2/h3-12,21-22H,1-2H3. The molecular weight excluding hydrogens is 272 g/mol. The fourth-order valence-electron chi connectivity index (χ4n) is 2.78. The van der Waals surface area contributed by atoms with Gasteiger partial charge in [-0.05, 0) is 48.2 Å². The molecule has 3 aromatic rings. The van der Waals surface area contributed by atoms with Crippen LogP contribution in [0, 0.1) is 13.8 Å². The average Bonchev–Trinajstić information content (AvgIpc) is 2.51. The van der Waals surface area contributed by atoms with Gasteiger partial charge in [0.1, 0.15) is 11.5 Å². The van der Waals surface area contributed by atoms with E-state index in [2.05, 4.69) is 0 Å². The van der Waals surface area contributed by atoms with Crippen LogP contribution in [-0.4, -0.2) is 10.2 Å². The Bertz CT molecular complexity index is 768. The molecule has 3 aromatic carbocycles. The number of aromatic hydroxyl groups is 2. The van der Waals surface area contributed by atoms with Crippen LogP contribution in [0.25, 0.3) is 22.3 Å². The monoisotopic (exact) mass is 290 g/mol. The number of hydrogen-bond donors (Lipinski definition) is 2. The summed E-state index contributed by atoms with van der Waals surface area (Å²) < 4.78 is 0. The van der Waals surface area contributed by atoms with E-state index in [4.69, 9.17) is 0 Å². The Morgan fingerprint density at radius 3 is 1.41 bits per heavy atom. The lowest BCUT2D eigenvalue weighted by molar-refractivity contribution is 0.463. The van der Waals surface area contributed by atoms with Crippen molar-refractivity contribution in [1.82, 2.24) is 0 Å². The summed E-state index contributed by atoms with van der Waals surface area (Å²) in [5.41, 5.74) is 5.25. The summed E-state index contributed by atoms with van der Waals surface area (Å²) in [7, 11) is 0. The molecule has 0 saturated carbocycles. The Balaban J connectivity index is 2.28. The van der Waals surface area contributed by atoms with Gasteiger partial charge in [0.2, 0.25) is 0 Å². The van der Waals surface area contributed by atoms with Crippen LogP contribution >= 0.6 is 0 Å². The normalized spacial score (nSPS) is 10.6. The highest BCUT2D eigenvalue weighted by atomic mass is 16.3. The number of aryl methyl sites for hydroxylation is 2. The molecule has 2 nitrogen and oxygen atoms in total. The third-order valence-electron chi connectivity index (χ3n) is 3.97. The minimum absolute atomic E-state index is 0.148. The van der Waals surface area contributed by atoms with Crippen LogP contribution in [0.4, 0.5) is 0 Å². The lowest BCUT2D eigenvalue weighted by Gasteiger charge is -2.14. The Morgan fingerprint density at radius 1 is 0.591 bits per heavy atom. The zero-order chi connectivity index (χ0) is 15.7. The highest BCUT2D eigenvalue weighted by Gasteiger charge is 2.15. The topological polar surface area (TPSA) is 40.5 Å². The average molecular weight is 290 g/mol. The van der Waals surface area contributed by atoms with Crippen LogP contribution in [-0.2, 0) is 0 Å². The number of phenols is 2. The largest absolute Gasteiger partial charge is 0.508 e. The first-order valence-electron chi connectivity index (χ1n) is 7.26. The van der Waals surface area contributed by atoms with Crippen LogP contribution in [0.3, 0.4) is 0 Å². The lowest BCUT2D eigenvalue weighted by Crippen LogP contribution is -1.89. The summed E-state index contributed by atoms with van der Waals surface area (Å²) in [6.07, 6.45) is 0. The molecule has 0 aliphatic heterocycles. The Morgan fingerprint density at radius 2 is 1.00 bits per heavy atom. The van der Waals surface area contributed by atoms with Gasteiger partial charge in [-0.2, -0.15) is 0 Å². The maximum Gasteiger partial charge on any atom is 0.131 e. The van der Waals surface area contributed by atoms with Crippen LogP contribution in [0.1, 0.15) is 11.1 Å². The predicted molar refractivity (Wildman–Crippen MR) is 90.1 cm³/mol. The lowest BCUT2D eigenvalue weighted by atomic mass is 9.93. The van der Waals surface area contributed by atoms with Crippen molar-refractivity contribution in [3.63, 3.8) is 0 Å². The van der Waals surface area contributed by atoms with Crippen molar-refractivity contribution in [2.24, 2.45) is 0 Å². The van der Waals surface area contributed by atoms with Crippen molar-refractivity contribution < 1.29 is 10.2 Å². The van der Waals surface area contributed by atoms with Gasteiger partial charge in [0.15, 0.2) is 0 Å². The van der Waals surface area contributed by atoms with E-state index >= 15 is 0 Å². The van der Waals surface area contributed by atoms with Crippen molar-refractivity contribution in [2.75, 3.05) is 0 Å². The van der Waals surface area contributed by atoms with E-state index in [-0.39, 0.29) is 11.5 Å². The van der Waals surface area contributed by atoms with E-state index < -0.39 is 0 Å². The number of rotatable bonds is 2. The second-order valence-electron chi connectivity index (χ2n) is 5.52. The van der Waals surface area contributed by atoms with Gasteiger partial charge in [-0.25, -0.2) is 0 Å². The van der Waals surface area contributed by atoms with Crippen LogP contribution in [0.15, 0.2) is 60.7 Å². The smallest absolute Gasteiger partial charge is 0.131 e. The second-order valence-corrected chi connectivity index (χ2v) is 5.52. The molecule has 0 aromatic heterocycles. The van der Waals surface area contributed by atoms with Gasteiger partial charge in [-0.3, -0.25) is 0 Å².